The van der Waals surface area contributed by atoms with Gasteiger partial charge in [-0.15, -0.1) is 0 Å². The van der Waals surface area contributed by atoms with Crippen molar-refractivity contribution in [2.24, 2.45) is 0 Å². The van der Waals surface area contributed by atoms with Gasteiger partial charge in [-0.25, -0.2) is 0 Å². The summed E-state index contributed by atoms with van der Waals surface area (Å²) in [5, 5.41) is 3.11. The average molecular weight is 332 g/mol. The number of halogens is 1. The molecule has 0 spiro atoms. The molecule has 0 fully saturated rings. The second kappa shape index (κ2) is 6.08. The summed E-state index contributed by atoms with van der Waals surface area (Å²) in [5.41, 5.74) is 0.978. The number of amides is 1. The Bertz CT molecular complexity index is 349. The van der Waals surface area contributed by atoms with Gasteiger partial charge in [0.25, 0.3) is 0 Å². The van der Waals surface area contributed by atoms with Gasteiger partial charge in [0.2, 0.25) is 5.91 Å². The maximum atomic E-state index is 11.7. The maximum absolute atomic E-state index is 11.7. The van der Waals surface area contributed by atoms with Gasteiger partial charge in [0.15, 0.2) is 0 Å². The molecule has 0 heterocycles. The molecule has 16 heavy (non-hydrogen) atoms. The first-order chi connectivity index (χ1) is 7.50. The average Bonchev–Trinajstić information content (AvgIpc) is 2.26. The van der Waals surface area contributed by atoms with E-state index < -0.39 is 0 Å². The summed E-state index contributed by atoms with van der Waals surface area (Å²) in [6.07, 6.45) is 0. The number of rotatable bonds is 4. The fourth-order valence-electron chi connectivity index (χ4n) is 1.16. The third kappa shape index (κ3) is 4.00. The summed E-state index contributed by atoms with van der Waals surface area (Å²) in [6.45, 7) is 4.35. The van der Waals surface area contributed by atoms with Gasteiger partial charge in [0.1, 0.15) is 0 Å². The molecule has 1 aromatic carbocycles. The van der Waals surface area contributed by atoms with Crippen molar-refractivity contribution >= 4 is 34.2 Å². The van der Waals surface area contributed by atoms with Crippen molar-refractivity contribution in [3.63, 3.8) is 0 Å². The first-order valence-electron chi connectivity index (χ1n) is 5.26. The Morgan fingerprint density at radius 3 is 2.44 bits per heavy atom. The molecule has 4 heteroatoms. The van der Waals surface area contributed by atoms with Crippen LogP contribution in [0, 0.1) is 3.57 Å². The highest BCUT2D eigenvalue weighted by Gasteiger charge is 2.10. The van der Waals surface area contributed by atoms with E-state index in [0.717, 1.165) is 5.69 Å². The van der Waals surface area contributed by atoms with Crippen LogP contribution in [0.5, 0.6) is 0 Å². The van der Waals surface area contributed by atoms with Crippen LogP contribution in [0.4, 0.5) is 5.69 Å². The molecule has 3 nitrogen and oxygen atoms in total. The van der Waals surface area contributed by atoms with Gasteiger partial charge < -0.3 is 10.2 Å². The van der Waals surface area contributed by atoms with Crippen LogP contribution in [-0.4, -0.2) is 30.4 Å². The summed E-state index contributed by atoms with van der Waals surface area (Å²) in [4.78, 5) is 13.4. The van der Waals surface area contributed by atoms with Crippen LogP contribution < -0.4 is 5.32 Å². The van der Waals surface area contributed by atoms with E-state index in [2.05, 4.69) is 27.9 Å². The summed E-state index contributed by atoms with van der Waals surface area (Å²) in [7, 11) is 1.82. The number of carbonyl (C=O) groups is 1. The van der Waals surface area contributed by atoms with Crippen LogP contribution in [0.3, 0.4) is 0 Å². The number of benzene rings is 1. The number of hydrogen-bond donors (Lipinski definition) is 1. The summed E-state index contributed by atoms with van der Waals surface area (Å²) in [5.74, 6) is 0.105. The molecule has 0 aromatic heterocycles. The number of nitrogens with zero attached hydrogens (tertiary/aromatic N) is 1. The SMILES string of the molecule is CC(C)N(C)C(=O)CNc1ccc(I)cc1. The van der Waals surface area contributed by atoms with Gasteiger partial charge in [0, 0.05) is 22.3 Å². The highest BCUT2D eigenvalue weighted by molar-refractivity contribution is 14.1. The van der Waals surface area contributed by atoms with Crippen molar-refractivity contribution in [3.05, 3.63) is 27.8 Å². The lowest BCUT2D eigenvalue weighted by atomic mass is 10.3. The third-order valence-electron chi connectivity index (χ3n) is 2.46. The van der Waals surface area contributed by atoms with E-state index in [-0.39, 0.29) is 11.9 Å². The van der Waals surface area contributed by atoms with Crippen molar-refractivity contribution < 1.29 is 4.79 Å². The molecule has 0 saturated carbocycles. The smallest absolute Gasteiger partial charge is 0.241 e. The third-order valence-corrected chi connectivity index (χ3v) is 3.18. The zero-order valence-electron chi connectivity index (χ0n) is 9.83. The Kier molecular flexibility index (Phi) is 5.05. The van der Waals surface area contributed by atoms with Crippen LogP contribution in [0.1, 0.15) is 13.8 Å². The fourth-order valence-corrected chi connectivity index (χ4v) is 1.52. The number of hydrogen-bond acceptors (Lipinski definition) is 2. The first kappa shape index (κ1) is 13.3. The molecule has 0 aliphatic rings. The van der Waals surface area contributed by atoms with Gasteiger partial charge in [-0.1, -0.05) is 0 Å². The second-order valence-electron chi connectivity index (χ2n) is 3.96. The lowest BCUT2D eigenvalue weighted by Crippen LogP contribution is -2.37. The molecule has 0 atom stereocenters. The number of carbonyl (C=O) groups excluding carboxylic acids is 1. The van der Waals surface area contributed by atoms with Crippen LogP contribution >= 0.6 is 22.6 Å². The fraction of sp³-hybridized carbons (Fsp3) is 0.417. The van der Waals surface area contributed by atoms with Gasteiger partial charge in [0.05, 0.1) is 6.54 Å². The van der Waals surface area contributed by atoms with E-state index in [4.69, 9.17) is 0 Å². The van der Waals surface area contributed by atoms with Gasteiger partial charge in [-0.05, 0) is 60.7 Å². The van der Waals surface area contributed by atoms with E-state index >= 15 is 0 Å². The molecule has 1 N–H and O–H groups in total. The molecular formula is C12H17IN2O. The van der Waals surface area contributed by atoms with Crippen molar-refractivity contribution in [1.29, 1.82) is 0 Å². The van der Waals surface area contributed by atoms with E-state index in [1.165, 1.54) is 3.57 Å². The standard InChI is InChI=1S/C12H17IN2O/c1-9(2)15(3)12(16)8-14-11-6-4-10(13)5-7-11/h4-7,9,14H,8H2,1-3H3. The molecule has 0 aliphatic carbocycles. The molecule has 0 bridgehead atoms. The zero-order valence-corrected chi connectivity index (χ0v) is 12.0. The van der Waals surface area contributed by atoms with Crippen LogP contribution in [-0.2, 0) is 4.79 Å². The first-order valence-corrected chi connectivity index (χ1v) is 6.33. The number of anilines is 1. The van der Waals surface area contributed by atoms with Crippen LogP contribution in [0.25, 0.3) is 0 Å². The molecule has 0 saturated heterocycles. The molecule has 0 unspecified atom stereocenters. The lowest BCUT2D eigenvalue weighted by Gasteiger charge is -2.21. The van der Waals surface area contributed by atoms with Crippen molar-refractivity contribution in [2.75, 3.05) is 18.9 Å². The summed E-state index contributed by atoms with van der Waals surface area (Å²) >= 11 is 2.25. The Morgan fingerprint density at radius 1 is 1.38 bits per heavy atom. The van der Waals surface area contributed by atoms with E-state index in [9.17, 15) is 4.79 Å². The minimum absolute atomic E-state index is 0.105. The second-order valence-corrected chi connectivity index (χ2v) is 5.20. The van der Waals surface area contributed by atoms with Crippen molar-refractivity contribution in [2.45, 2.75) is 19.9 Å². The zero-order chi connectivity index (χ0) is 12.1. The van der Waals surface area contributed by atoms with Crippen LogP contribution in [0.2, 0.25) is 0 Å². The van der Waals surface area contributed by atoms with Gasteiger partial charge in [-0.3, -0.25) is 4.79 Å². The Balaban J connectivity index is 2.46. The Morgan fingerprint density at radius 2 is 1.94 bits per heavy atom. The number of nitrogens with one attached hydrogen (secondary N) is 1. The molecule has 1 rings (SSSR count). The summed E-state index contributed by atoms with van der Waals surface area (Å²) in [6, 6.07) is 8.22. The van der Waals surface area contributed by atoms with Gasteiger partial charge >= 0.3 is 0 Å². The minimum Gasteiger partial charge on any atom is -0.376 e. The molecular weight excluding hydrogens is 315 g/mol. The largest absolute Gasteiger partial charge is 0.376 e. The molecule has 1 aromatic rings. The Hall–Kier alpha value is -0.780. The number of likely N-dealkylation sites (N-methyl/N-ethyl adjacent to an activating group) is 1. The molecule has 0 aliphatic heterocycles. The highest BCUT2D eigenvalue weighted by atomic mass is 127. The predicted octanol–water partition coefficient (Wildman–Crippen LogP) is 2.57. The maximum Gasteiger partial charge on any atom is 0.241 e. The van der Waals surface area contributed by atoms with Crippen molar-refractivity contribution in [1.82, 2.24) is 4.90 Å². The quantitative estimate of drug-likeness (QED) is 0.860. The monoisotopic (exact) mass is 332 g/mol. The molecule has 1 amide bonds. The lowest BCUT2D eigenvalue weighted by molar-refractivity contribution is -0.129. The highest BCUT2D eigenvalue weighted by Crippen LogP contribution is 2.10. The molecule has 88 valence electrons. The summed E-state index contributed by atoms with van der Waals surface area (Å²) < 4.78 is 1.19. The van der Waals surface area contributed by atoms with E-state index in [1.807, 2.05) is 45.2 Å². The predicted molar refractivity (Wildman–Crippen MR) is 75.6 cm³/mol. The Labute approximate surface area is 110 Å². The minimum atomic E-state index is 0.105. The normalized spacial score (nSPS) is 10.3. The van der Waals surface area contributed by atoms with E-state index in [1.54, 1.807) is 4.90 Å². The van der Waals surface area contributed by atoms with Crippen LogP contribution in [0.15, 0.2) is 24.3 Å². The molecule has 0 radical (unpaired) electrons. The van der Waals surface area contributed by atoms with Gasteiger partial charge in [-0.2, -0.15) is 0 Å². The van der Waals surface area contributed by atoms with Crippen molar-refractivity contribution in [3.8, 4) is 0 Å². The van der Waals surface area contributed by atoms with E-state index in [0.29, 0.717) is 6.54 Å². The topological polar surface area (TPSA) is 32.3 Å².